The van der Waals surface area contributed by atoms with Gasteiger partial charge in [0.2, 0.25) is 0 Å². The molecule has 1 saturated heterocycles. The van der Waals surface area contributed by atoms with Gasteiger partial charge in [0.05, 0.1) is 0 Å². The Kier molecular flexibility index (Phi) is 5.41. The second-order valence-corrected chi connectivity index (χ2v) is 6.67. The SMILES string of the molecule is O=C(COC(=O)[C@H](O)c1ccccc1)NN1C(=O)NC2(CCCCC2)C1=O. The first kappa shape index (κ1) is 18.8. The Balaban J connectivity index is 1.52. The monoisotopic (exact) mass is 375 g/mol. The first-order chi connectivity index (χ1) is 12.9. The molecule has 0 radical (unpaired) electrons. The lowest BCUT2D eigenvalue weighted by atomic mass is 9.82. The zero-order valence-corrected chi connectivity index (χ0v) is 14.6. The van der Waals surface area contributed by atoms with Crippen LogP contribution in [0.1, 0.15) is 43.8 Å². The van der Waals surface area contributed by atoms with Gasteiger partial charge in [-0.15, -0.1) is 0 Å². The van der Waals surface area contributed by atoms with E-state index in [9.17, 15) is 24.3 Å². The number of hydrazine groups is 1. The lowest BCUT2D eigenvalue weighted by Crippen LogP contribution is -2.51. The van der Waals surface area contributed by atoms with Crippen molar-refractivity contribution in [3.8, 4) is 0 Å². The van der Waals surface area contributed by atoms with Crippen molar-refractivity contribution in [3.63, 3.8) is 0 Å². The normalized spacial score (nSPS) is 19.5. The Bertz CT molecular complexity index is 745. The zero-order valence-electron chi connectivity index (χ0n) is 14.6. The molecule has 4 amide bonds. The van der Waals surface area contributed by atoms with E-state index in [0.29, 0.717) is 23.4 Å². The Hall–Kier alpha value is -2.94. The summed E-state index contributed by atoms with van der Waals surface area (Å²) >= 11 is 0. The van der Waals surface area contributed by atoms with E-state index in [0.717, 1.165) is 19.3 Å². The predicted octanol–water partition coefficient (Wildman–Crippen LogP) is 0.549. The van der Waals surface area contributed by atoms with Crippen LogP contribution in [0.4, 0.5) is 4.79 Å². The van der Waals surface area contributed by atoms with Crippen LogP contribution in [0.5, 0.6) is 0 Å². The quantitative estimate of drug-likeness (QED) is 0.510. The van der Waals surface area contributed by atoms with Gasteiger partial charge < -0.3 is 15.2 Å². The number of imide groups is 1. The van der Waals surface area contributed by atoms with Gasteiger partial charge in [0.25, 0.3) is 11.8 Å². The van der Waals surface area contributed by atoms with Crippen molar-refractivity contribution < 1.29 is 29.0 Å². The van der Waals surface area contributed by atoms with E-state index in [-0.39, 0.29) is 0 Å². The van der Waals surface area contributed by atoms with Crippen LogP contribution in [0.3, 0.4) is 0 Å². The first-order valence-electron chi connectivity index (χ1n) is 8.79. The highest BCUT2D eigenvalue weighted by Gasteiger charge is 2.52. The topological polar surface area (TPSA) is 125 Å². The van der Waals surface area contributed by atoms with E-state index in [1.54, 1.807) is 30.3 Å². The number of hydrogen-bond acceptors (Lipinski definition) is 6. The molecule has 27 heavy (non-hydrogen) atoms. The van der Waals surface area contributed by atoms with Gasteiger partial charge in [-0.1, -0.05) is 49.6 Å². The molecular formula is C18H21N3O6. The lowest BCUT2D eigenvalue weighted by Gasteiger charge is -2.30. The molecule has 9 nitrogen and oxygen atoms in total. The number of rotatable bonds is 5. The zero-order chi connectivity index (χ0) is 19.4. The Morgan fingerprint density at radius 1 is 1.19 bits per heavy atom. The van der Waals surface area contributed by atoms with E-state index in [2.05, 4.69) is 10.7 Å². The number of nitrogens with one attached hydrogen (secondary N) is 2. The van der Waals surface area contributed by atoms with Crippen LogP contribution < -0.4 is 10.7 Å². The second-order valence-electron chi connectivity index (χ2n) is 6.67. The second kappa shape index (κ2) is 7.75. The molecular weight excluding hydrogens is 354 g/mol. The number of carbonyl (C=O) groups excluding carboxylic acids is 4. The molecule has 1 spiro atoms. The van der Waals surface area contributed by atoms with Crippen molar-refractivity contribution in [2.24, 2.45) is 0 Å². The van der Waals surface area contributed by atoms with Gasteiger partial charge in [-0.25, -0.2) is 9.59 Å². The third kappa shape index (κ3) is 3.92. The van der Waals surface area contributed by atoms with Gasteiger partial charge in [-0.3, -0.25) is 15.0 Å². The minimum absolute atomic E-state index is 0.330. The molecule has 1 saturated carbocycles. The molecule has 3 rings (SSSR count). The molecule has 1 aromatic rings. The van der Waals surface area contributed by atoms with Crippen molar-refractivity contribution in [2.45, 2.75) is 43.7 Å². The van der Waals surface area contributed by atoms with Gasteiger partial charge in [0.15, 0.2) is 12.7 Å². The summed E-state index contributed by atoms with van der Waals surface area (Å²) in [4.78, 5) is 48.4. The lowest BCUT2D eigenvalue weighted by molar-refractivity contribution is -0.158. The number of benzene rings is 1. The molecule has 1 aromatic carbocycles. The molecule has 2 fully saturated rings. The average molecular weight is 375 g/mol. The van der Waals surface area contributed by atoms with Crippen LogP contribution in [0.2, 0.25) is 0 Å². The number of nitrogens with zero attached hydrogens (tertiary/aromatic N) is 1. The highest BCUT2D eigenvalue weighted by molar-refractivity contribution is 6.08. The average Bonchev–Trinajstić information content (AvgIpc) is 2.90. The van der Waals surface area contributed by atoms with Crippen LogP contribution in [-0.2, 0) is 19.1 Å². The van der Waals surface area contributed by atoms with E-state index < -0.39 is 42.1 Å². The maximum Gasteiger partial charge on any atom is 0.344 e. The maximum atomic E-state index is 12.5. The standard InChI is InChI=1S/C18H21N3O6/c22-13(11-27-15(24)14(23)12-7-3-1-4-8-12)20-21-16(25)18(19-17(21)26)9-5-2-6-10-18/h1,3-4,7-8,14,23H,2,5-6,9-11H2,(H,19,26)(H,20,22)/t14-/m1/s1. The molecule has 3 N–H and O–H groups in total. The summed E-state index contributed by atoms with van der Waals surface area (Å²) in [5.41, 5.74) is 1.53. The van der Waals surface area contributed by atoms with E-state index in [4.69, 9.17) is 4.74 Å². The number of aliphatic hydroxyl groups is 1. The molecule has 0 unspecified atom stereocenters. The maximum absolute atomic E-state index is 12.5. The molecule has 0 aromatic heterocycles. The number of hydrogen-bond donors (Lipinski definition) is 3. The third-order valence-corrected chi connectivity index (χ3v) is 4.79. The molecule has 2 aliphatic rings. The summed E-state index contributed by atoms with van der Waals surface area (Å²) < 4.78 is 4.77. The minimum Gasteiger partial charge on any atom is -0.453 e. The number of amides is 4. The molecule has 9 heteroatoms. The number of esters is 1. The van der Waals surface area contributed by atoms with Crippen LogP contribution in [0.15, 0.2) is 30.3 Å². The van der Waals surface area contributed by atoms with E-state index >= 15 is 0 Å². The van der Waals surface area contributed by atoms with Gasteiger partial charge in [0, 0.05) is 0 Å². The highest BCUT2D eigenvalue weighted by atomic mass is 16.5. The molecule has 1 heterocycles. The fraction of sp³-hybridized carbons (Fsp3) is 0.444. The number of carbonyl (C=O) groups is 4. The highest BCUT2D eigenvalue weighted by Crippen LogP contribution is 2.32. The van der Waals surface area contributed by atoms with Crippen molar-refractivity contribution in [1.82, 2.24) is 15.8 Å². The molecule has 0 bridgehead atoms. The van der Waals surface area contributed by atoms with Crippen molar-refractivity contribution in [2.75, 3.05) is 6.61 Å². The summed E-state index contributed by atoms with van der Waals surface area (Å²) in [6.45, 7) is -0.729. The first-order valence-corrected chi connectivity index (χ1v) is 8.79. The molecule has 1 atom stereocenters. The summed E-state index contributed by atoms with van der Waals surface area (Å²) in [6.07, 6.45) is 2.17. The Morgan fingerprint density at radius 2 is 1.85 bits per heavy atom. The third-order valence-electron chi connectivity index (χ3n) is 4.79. The minimum atomic E-state index is -1.53. The molecule has 144 valence electrons. The number of urea groups is 1. The van der Waals surface area contributed by atoms with Gasteiger partial charge in [-0.2, -0.15) is 5.01 Å². The van der Waals surface area contributed by atoms with Gasteiger partial charge >= 0.3 is 12.0 Å². The largest absolute Gasteiger partial charge is 0.453 e. The molecule has 1 aliphatic heterocycles. The van der Waals surface area contributed by atoms with Crippen LogP contribution >= 0.6 is 0 Å². The summed E-state index contributed by atoms with van der Waals surface area (Å²) in [6, 6.07) is 7.41. The van der Waals surface area contributed by atoms with Gasteiger partial charge in [-0.05, 0) is 18.4 Å². The van der Waals surface area contributed by atoms with Crippen molar-refractivity contribution in [1.29, 1.82) is 0 Å². The van der Waals surface area contributed by atoms with E-state index in [1.165, 1.54) is 0 Å². The number of aliphatic hydroxyl groups excluding tert-OH is 1. The van der Waals surface area contributed by atoms with Crippen LogP contribution in [-0.4, -0.2) is 46.1 Å². The predicted molar refractivity (Wildman–Crippen MR) is 91.7 cm³/mol. The summed E-state index contributed by atoms with van der Waals surface area (Å²) in [5, 5.41) is 13.2. The Morgan fingerprint density at radius 3 is 2.52 bits per heavy atom. The van der Waals surface area contributed by atoms with Gasteiger partial charge in [0.1, 0.15) is 5.54 Å². The molecule has 1 aliphatic carbocycles. The van der Waals surface area contributed by atoms with Crippen LogP contribution in [0.25, 0.3) is 0 Å². The van der Waals surface area contributed by atoms with Crippen molar-refractivity contribution >= 4 is 23.8 Å². The van der Waals surface area contributed by atoms with E-state index in [1.807, 2.05) is 0 Å². The summed E-state index contributed by atoms with van der Waals surface area (Å²) in [5.74, 6) is -2.35. The fourth-order valence-corrected chi connectivity index (χ4v) is 3.36. The smallest absolute Gasteiger partial charge is 0.344 e. The summed E-state index contributed by atoms with van der Waals surface area (Å²) in [7, 11) is 0. The number of ether oxygens (including phenoxy) is 1. The fourth-order valence-electron chi connectivity index (χ4n) is 3.36. The Labute approximate surface area is 155 Å². The van der Waals surface area contributed by atoms with Crippen LogP contribution in [0, 0.1) is 0 Å². The van der Waals surface area contributed by atoms with Crippen molar-refractivity contribution in [3.05, 3.63) is 35.9 Å².